The third kappa shape index (κ3) is 3.31. The van der Waals surface area contributed by atoms with Crippen LogP contribution in [0.15, 0.2) is 48.6 Å². The van der Waals surface area contributed by atoms with Crippen molar-refractivity contribution in [2.24, 2.45) is 17.8 Å². The van der Waals surface area contributed by atoms with E-state index in [1.807, 2.05) is 36.4 Å². The van der Waals surface area contributed by atoms with Crippen molar-refractivity contribution in [1.82, 2.24) is 5.32 Å². The summed E-state index contributed by atoms with van der Waals surface area (Å²) < 4.78 is 0. The maximum absolute atomic E-state index is 12.4. The molecule has 4 rings (SSSR count). The number of ketones is 1. The Morgan fingerprint density at radius 1 is 1.08 bits per heavy atom. The van der Waals surface area contributed by atoms with Gasteiger partial charge in [-0.2, -0.15) is 0 Å². The van der Waals surface area contributed by atoms with Crippen LogP contribution in [0.2, 0.25) is 0 Å². The second kappa shape index (κ2) is 6.60. The Hall–Kier alpha value is -2.20. The highest BCUT2D eigenvalue weighted by Crippen LogP contribution is 2.42. The number of carbonyl (C=O) groups is 2. The van der Waals surface area contributed by atoms with Crippen molar-refractivity contribution in [1.29, 1.82) is 0 Å². The van der Waals surface area contributed by atoms with Crippen LogP contribution in [-0.2, 0) is 0 Å². The fourth-order valence-electron chi connectivity index (χ4n) is 3.92. The molecule has 2 aliphatic rings. The van der Waals surface area contributed by atoms with Crippen molar-refractivity contribution in [3.05, 3.63) is 59.0 Å². The van der Waals surface area contributed by atoms with E-state index in [9.17, 15) is 9.59 Å². The van der Waals surface area contributed by atoms with Gasteiger partial charge in [-0.3, -0.25) is 9.59 Å². The maximum Gasteiger partial charge on any atom is 0.251 e. The van der Waals surface area contributed by atoms with E-state index in [4.69, 9.17) is 0 Å². The van der Waals surface area contributed by atoms with Gasteiger partial charge in [0.05, 0.1) is 4.88 Å². The number of carbonyl (C=O) groups excluding carboxylic acids is 2. The van der Waals surface area contributed by atoms with Crippen LogP contribution >= 0.6 is 11.3 Å². The molecule has 0 aliphatic heterocycles. The van der Waals surface area contributed by atoms with E-state index < -0.39 is 0 Å². The molecule has 1 saturated carbocycles. The topological polar surface area (TPSA) is 46.2 Å². The van der Waals surface area contributed by atoms with Crippen LogP contribution in [0, 0.1) is 17.8 Å². The van der Waals surface area contributed by atoms with Crippen molar-refractivity contribution in [3.63, 3.8) is 0 Å². The number of allylic oxidation sites excluding steroid dienone is 2. The first-order chi connectivity index (χ1) is 12.1. The number of rotatable bonds is 5. The van der Waals surface area contributed by atoms with Crippen LogP contribution in [0.4, 0.5) is 0 Å². The molecule has 3 nitrogen and oxygen atoms in total. The molecule has 2 aromatic rings. The quantitative estimate of drug-likeness (QED) is 0.634. The van der Waals surface area contributed by atoms with Crippen molar-refractivity contribution < 1.29 is 9.59 Å². The van der Waals surface area contributed by atoms with Gasteiger partial charge in [-0.1, -0.05) is 24.3 Å². The predicted octanol–water partition coefficient (Wildman–Crippen LogP) is 4.56. The number of hydrogen-bond donors (Lipinski definition) is 1. The molecule has 1 amide bonds. The second-order valence-corrected chi connectivity index (χ2v) is 8.13. The molecule has 128 valence electrons. The van der Waals surface area contributed by atoms with Crippen LogP contribution in [-0.4, -0.2) is 18.2 Å². The minimum absolute atomic E-state index is 0.00564. The Balaban J connectivity index is 1.38. The number of fused-ring (bicyclic) bond motifs is 2. The Labute approximate surface area is 151 Å². The normalized spacial score (nSPS) is 23.8. The van der Waals surface area contributed by atoms with Crippen LogP contribution in [0.3, 0.4) is 0 Å². The number of amides is 1. The van der Waals surface area contributed by atoms with Gasteiger partial charge in [-0.15, -0.1) is 11.3 Å². The van der Waals surface area contributed by atoms with E-state index in [-0.39, 0.29) is 11.7 Å². The fraction of sp³-hybridized carbons (Fsp3) is 0.333. The summed E-state index contributed by atoms with van der Waals surface area (Å²) in [6, 6.07) is 11.4. The van der Waals surface area contributed by atoms with E-state index >= 15 is 0 Å². The molecule has 0 unspecified atom stereocenters. The first kappa shape index (κ1) is 16.3. The molecule has 3 atom stereocenters. The van der Waals surface area contributed by atoms with Gasteiger partial charge in [0.1, 0.15) is 0 Å². The first-order valence-corrected chi connectivity index (χ1v) is 9.59. The van der Waals surface area contributed by atoms with Gasteiger partial charge < -0.3 is 5.32 Å². The van der Waals surface area contributed by atoms with E-state index in [0.717, 1.165) is 27.8 Å². The summed E-state index contributed by atoms with van der Waals surface area (Å²) >= 11 is 1.49. The Morgan fingerprint density at radius 2 is 1.88 bits per heavy atom. The standard InChI is InChI=1S/C21H21NO2S/c1-13(23)19-8-9-20(25-19)15-4-6-16(7-5-15)21(24)22-12-18-11-14-2-3-17(18)10-14/h2-9,14,17-18H,10-12H2,1H3,(H,22,24)/t14-,17+,18+/m1/s1. The number of thiophene rings is 1. The lowest BCUT2D eigenvalue weighted by atomic mass is 9.93. The highest BCUT2D eigenvalue weighted by molar-refractivity contribution is 7.17. The van der Waals surface area contributed by atoms with E-state index in [0.29, 0.717) is 17.4 Å². The maximum atomic E-state index is 12.4. The Bertz CT molecular complexity index is 834. The monoisotopic (exact) mass is 351 g/mol. The van der Waals surface area contributed by atoms with E-state index in [2.05, 4.69) is 17.5 Å². The van der Waals surface area contributed by atoms with Crippen LogP contribution in [0.1, 0.15) is 39.8 Å². The van der Waals surface area contributed by atoms with Gasteiger partial charge in [0.15, 0.2) is 5.78 Å². The zero-order valence-corrected chi connectivity index (χ0v) is 15.0. The summed E-state index contributed by atoms with van der Waals surface area (Å²) in [5.41, 5.74) is 1.72. The number of benzene rings is 1. The van der Waals surface area contributed by atoms with Gasteiger partial charge in [-0.25, -0.2) is 0 Å². The lowest BCUT2D eigenvalue weighted by molar-refractivity contribution is 0.0944. The zero-order chi connectivity index (χ0) is 17.4. The summed E-state index contributed by atoms with van der Waals surface area (Å²) in [6.07, 6.45) is 7.11. The Morgan fingerprint density at radius 3 is 2.48 bits per heavy atom. The Kier molecular flexibility index (Phi) is 4.30. The first-order valence-electron chi connectivity index (χ1n) is 8.78. The molecule has 1 aromatic carbocycles. The van der Waals surface area contributed by atoms with Crippen LogP contribution in [0.25, 0.3) is 10.4 Å². The molecular weight excluding hydrogens is 330 g/mol. The molecular formula is C21H21NO2S. The van der Waals surface area contributed by atoms with Gasteiger partial charge in [-0.05, 0) is 67.3 Å². The fourth-order valence-corrected chi connectivity index (χ4v) is 4.83. The SMILES string of the molecule is CC(=O)c1ccc(-c2ccc(C(=O)NC[C@@H]3C[C@@H]4C=C[C@H]3C4)cc2)s1. The minimum atomic E-state index is -0.00564. The lowest BCUT2D eigenvalue weighted by Crippen LogP contribution is -2.30. The van der Waals surface area contributed by atoms with Crippen molar-refractivity contribution in [2.75, 3.05) is 6.54 Å². The van der Waals surface area contributed by atoms with Gasteiger partial charge in [0.2, 0.25) is 0 Å². The van der Waals surface area contributed by atoms with Crippen molar-refractivity contribution in [2.45, 2.75) is 19.8 Å². The molecule has 4 heteroatoms. The number of Topliss-reactive ketones (excluding diaryl/α,β-unsaturated/α-hetero) is 1. The third-order valence-electron chi connectivity index (χ3n) is 5.33. The van der Waals surface area contributed by atoms with Crippen LogP contribution in [0.5, 0.6) is 0 Å². The predicted molar refractivity (Wildman–Crippen MR) is 101 cm³/mol. The average molecular weight is 351 g/mol. The molecule has 1 fully saturated rings. The van der Waals surface area contributed by atoms with Crippen molar-refractivity contribution >= 4 is 23.0 Å². The summed E-state index contributed by atoms with van der Waals surface area (Å²) in [5.74, 6) is 2.06. The van der Waals surface area contributed by atoms with Gasteiger partial charge in [0.25, 0.3) is 5.91 Å². The van der Waals surface area contributed by atoms with Gasteiger partial charge in [0, 0.05) is 17.0 Å². The van der Waals surface area contributed by atoms with Crippen LogP contribution < -0.4 is 5.32 Å². The highest BCUT2D eigenvalue weighted by atomic mass is 32.1. The van der Waals surface area contributed by atoms with E-state index in [1.165, 1.54) is 24.2 Å². The van der Waals surface area contributed by atoms with Crippen molar-refractivity contribution in [3.8, 4) is 10.4 Å². The summed E-state index contributed by atoms with van der Waals surface area (Å²) in [5, 5.41) is 3.09. The number of nitrogens with one attached hydrogen (secondary N) is 1. The second-order valence-electron chi connectivity index (χ2n) is 7.05. The average Bonchev–Trinajstić information content (AvgIpc) is 3.35. The zero-order valence-electron chi connectivity index (χ0n) is 14.2. The summed E-state index contributed by atoms with van der Waals surface area (Å²) in [6.45, 7) is 2.34. The molecule has 2 aliphatic carbocycles. The molecule has 0 spiro atoms. The van der Waals surface area contributed by atoms with Gasteiger partial charge >= 0.3 is 0 Å². The molecule has 0 saturated heterocycles. The van der Waals surface area contributed by atoms with E-state index in [1.54, 1.807) is 6.92 Å². The summed E-state index contributed by atoms with van der Waals surface area (Å²) in [7, 11) is 0. The molecule has 1 aromatic heterocycles. The third-order valence-corrected chi connectivity index (χ3v) is 6.56. The molecule has 1 N–H and O–H groups in total. The molecule has 0 radical (unpaired) electrons. The number of hydrogen-bond acceptors (Lipinski definition) is 3. The summed E-state index contributed by atoms with van der Waals surface area (Å²) in [4.78, 5) is 25.6. The largest absolute Gasteiger partial charge is 0.352 e. The molecule has 1 heterocycles. The molecule has 2 bridgehead atoms. The lowest BCUT2D eigenvalue weighted by Gasteiger charge is -2.18. The highest BCUT2D eigenvalue weighted by Gasteiger charge is 2.35. The smallest absolute Gasteiger partial charge is 0.251 e. The minimum Gasteiger partial charge on any atom is -0.352 e. The molecule has 25 heavy (non-hydrogen) atoms.